The number of carbonyl (C=O) groups is 1. The van der Waals surface area contributed by atoms with Gasteiger partial charge in [-0.2, -0.15) is 0 Å². The molecule has 0 aliphatic heterocycles. The third kappa shape index (κ3) is 5.24. The van der Waals surface area contributed by atoms with Gasteiger partial charge in [0.1, 0.15) is 8.07 Å². The van der Waals surface area contributed by atoms with Crippen molar-refractivity contribution in [2.24, 2.45) is 0 Å². The van der Waals surface area contributed by atoms with E-state index >= 15 is 0 Å². The summed E-state index contributed by atoms with van der Waals surface area (Å²) in [6.45, 7) is 6.55. The lowest BCUT2D eigenvalue weighted by molar-refractivity contribution is 0.194. The number of hydrogen-bond acceptors (Lipinski definition) is 2. The van der Waals surface area contributed by atoms with Crippen LogP contribution in [0.2, 0.25) is 24.7 Å². The number of nitrogens with two attached hydrogens (primary N) is 1. The van der Waals surface area contributed by atoms with Gasteiger partial charge in [0.05, 0.1) is 0 Å². The van der Waals surface area contributed by atoms with Crippen LogP contribution in [0.1, 0.15) is 11.1 Å². The first kappa shape index (κ1) is 15.4. The Bertz CT molecular complexity index is 556. The molecule has 0 saturated carbocycles. The van der Waals surface area contributed by atoms with Crippen molar-refractivity contribution in [1.29, 1.82) is 0 Å². The average molecular weight is 297 g/mol. The summed E-state index contributed by atoms with van der Waals surface area (Å²) in [5.74, 6) is 3.06. The summed E-state index contributed by atoms with van der Waals surface area (Å²) in [4.78, 5) is 10.5. The molecule has 4 nitrogen and oxygen atoms in total. The smallest absolute Gasteiger partial charge is 0.404 e. The number of hydrogen-bond donors (Lipinski definition) is 3. The van der Waals surface area contributed by atoms with Crippen LogP contribution in [-0.4, -0.2) is 19.3 Å². The van der Waals surface area contributed by atoms with Crippen LogP contribution >= 0.6 is 11.6 Å². The molecule has 19 heavy (non-hydrogen) atoms. The van der Waals surface area contributed by atoms with E-state index in [0.717, 1.165) is 0 Å². The molecule has 0 aromatic heterocycles. The zero-order chi connectivity index (χ0) is 14.6. The third-order valence-corrected chi connectivity index (χ3v) is 3.45. The monoisotopic (exact) mass is 296 g/mol. The maximum atomic E-state index is 10.5. The lowest BCUT2D eigenvalue weighted by atomic mass is 10.1. The van der Waals surface area contributed by atoms with Crippen LogP contribution < -0.4 is 11.1 Å². The Morgan fingerprint density at radius 3 is 2.63 bits per heavy atom. The van der Waals surface area contributed by atoms with E-state index in [1.807, 2.05) is 0 Å². The number of rotatable bonds is 2. The first-order valence-corrected chi connectivity index (χ1v) is 9.65. The predicted octanol–water partition coefficient (Wildman–Crippen LogP) is 2.92. The minimum absolute atomic E-state index is 0.135. The minimum atomic E-state index is -1.49. The molecule has 0 radical (unpaired) electrons. The highest BCUT2D eigenvalue weighted by Gasteiger charge is 2.10. The fraction of sp³-hybridized carbons (Fsp3) is 0.308. The van der Waals surface area contributed by atoms with Gasteiger partial charge in [-0.05, 0) is 17.7 Å². The van der Waals surface area contributed by atoms with Crippen molar-refractivity contribution in [1.82, 2.24) is 5.32 Å². The van der Waals surface area contributed by atoms with Gasteiger partial charge < -0.3 is 16.2 Å². The van der Waals surface area contributed by atoms with Crippen LogP contribution in [0.3, 0.4) is 0 Å². The highest BCUT2D eigenvalue weighted by Crippen LogP contribution is 2.23. The van der Waals surface area contributed by atoms with Gasteiger partial charge in [0, 0.05) is 22.8 Å². The molecule has 0 saturated heterocycles. The zero-order valence-electron chi connectivity index (χ0n) is 11.2. The molecule has 4 N–H and O–H groups in total. The first-order chi connectivity index (χ1) is 8.69. The highest BCUT2D eigenvalue weighted by molar-refractivity contribution is 6.83. The molecule has 0 spiro atoms. The number of halogens is 1. The largest absolute Gasteiger partial charge is 0.465 e. The van der Waals surface area contributed by atoms with E-state index in [0.29, 0.717) is 21.8 Å². The van der Waals surface area contributed by atoms with Crippen molar-refractivity contribution >= 4 is 31.5 Å². The van der Waals surface area contributed by atoms with E-state index in [1.54, 1.807) is 12.1 Å². The van der Waals surface area contributed by atoms with Crippen LogP contribution in [0.4, 0.5) is 10.5 Å². The Kier molecular flexibility index (Phi) is 4.87. The Morgan fingerprint density at radius 2 is 2.11 bits per heavy atom. The lowest BCUT2D eigenvalue weighted by Crippen LogP contribution is -2.20. The van der Waals surface area contributed by atoms with E-state index in [9.17, 15) is 4.79 Å². The van der Waals surface area contributed by atoms with Crippen LogP contribution in [0.15, 0.2) is 12.1 Å². The Hall–Kier alpha value is -1.64. The second kappa shape index (κ2) is 6.00. The van der Waals surface area contributed by atoms with E-state index in [1.165, 1.54) is 0 Å². The molecule has 0 heterocycles. The average Bonchev–Trinajstić information content (AvgIpc) is 2.25. The van der Waals surface area contributed by atoms with Gasteiger partial charge in [-0.3, -0.25) is 0 Å². The minimum Gasteiger partial charge on any atom is -0.465 e. The Morgan fingerprint density at radius 1 is 1.47 bits per heavy atom. The maximum absolute atomic E-state index is 10.5. The molecule has 1 rings (SSSR count). The van der Waals surface area contributed by atoms with E-state index in [2.05, 4.69) is 36.4 Å². The van der Waals surface area contributed by atoms with Gasteiger partial charge >= 0.3 is 6.09 Å². The number of nitrogen functional groups attached to an aromatic ring is 1. The second-order valence-electron chi connectivity index (χ2n) is 5.19. The predicted molar refractivity (Wildman–Crippen MR) is 81.0 cm³/mol. The van der Waals surface area contributed by atoms with Crippen molar-refractivity contribution in [2.45, 2.75) is 26.2 Å². The van der Waals surface area contributed by atoms with Gasteiger partial charge in [-0.15, -0.1) is 5.54 Å². The quantitative estimate of drug-likeness (QED) is 0.446. The van der Waals surface area contributed by atoms with Crippen molar-refractivity contribution in [3.8, 4) is 11.5 Å². The summed E-state index contributed by atoms with van der Waals surface area (Å²) in [7, 11) is -1.49. The van der Waals surface area contributed by atoms with Crippen LogP contribution in [0.25, 0.3) is 0 Å². The summed E-state index contributed by atoms with van der Waals surface area (Å²) in [5, 5.41) is 11.3. The van der Waals surface area contributed by atoms with Crippen LogP contribution in [0.5, 0.6) is 0 Å². The highest BCUT2D eigenvalue weighted by atomic mass is 35.5. The molecule has 0 bridgehead atoms. The van der Waals surface area contributed by atoms with Crippen LogP contribution in [0, 0.1) is 11.5 Å². The van der Waals surface area contributed by atoms with Gasteiger partial charge in [-0.25, -0.2) is 4.79 Å². The van der Waals surface area contributed by atoms with Crippen molar-refractivity contribution < 1.29 is 9.90 Å². The molecule has 0 fully saturated rings. The van der Waals surface area contributed by atoms with Gasteiger partial charge in [0.15, 0.2) is 0 Å². The molecular formula is C13H17ClN2O2Si. The van der Waals surface area contributed by atoms with Gasteiger partial charge in [0.2, 0.25) is 0 Å². The molecule has 0 aliphatic rings. The van der Waals surface area contributed by atoms with Gasteiger partial charge in [0.25, 0.3) is 0 Å². The number of amides is 1. The molecule has 0 atom stereocenters. The molecule has 6 heteroatoms. The van der Waals surface area contributed by atoms with Crippen molar-refractivity contribution in [2.75, 3.05) is 5.73 Å². The fourth-order valence-corrected chi connectivity index (χ4v) is 2.05. The Labute approximate surface area is 119 Å². The number of anilines is 1. The molecule has 1 aromatic rings. The molecule has 1 aromatic carbocycles. The number of nitrogens with one attached hydrogen (secondary N) is 1. The summed E-state index contributed by atoms with van der Waals surface area (Å²) in [6.07, 6.45) is -1.09. The van der Waals surface area contributed by atoms with E-state index in [4.69, 9.17) is 22.4 Å². The summed E-state index contributed by atoms with van der Waals surface area (Å²) in [6, 6.07) is 3.34. The molecule has 102 valence electrons. The van der Waals surface area contributed by atoms with Crippen molar-refractivity contribution in [3.05, 3.63) is 28.3 Å². The summed E-state index contributed by atoms with van der Waals surface area (Å²) < 4.78 is 0. The first-order valence-electron chi connectivity index (χ1n) is 5.77. The zero-order valence-corrected chi connectivity index (χ0v) is 12.9. The van der Waals surface area contributed by atoms with E-state index < -0.39 is 14.2 Å². The lowest BCUT2D eigenvalue weighted by Gasteiger charge is -2.08. The van der Waals surface area contributed by atoms with E-state index in [-0.39, 0.29) is 6.54 Å². The SMILES string of the molecule is C[Si](C)(C)C#Cc1cc(CNC(=O)O)c(Cl)cc1N. The molecular weight excluding hydrogens is 280 g/mol. The number of carboxylic acid groups (broad SMARTS) is 1. The summed E-state index contributed by atoms with van der Waals surface area (Å²) in [5.41, 5.74) is 10.9. The molecule has 0 unspecified atom stereocenters. The summed E-state index contributed by atoms with van der Waals surface area (Å²) >= 11 is 6.02. The topological polar surface area (TPSA) is 75.3 Å². The fourth-order valence-electron chi connectivity index (χ4n) is 1.30. The van der Waals surface area contributed by atoms with Crippen molar-refractivity contribution in [3.63, 3.8) is 0 Å². The number of benzene rings is 1. The van der Waals surface area contributed by atoms with Gasteiger partial charge in [-0.1, -0.05) is 37.2 Å². The second-order valence-corrected chi connectivity index (χ2v) is 10.3. The Balaban J connectivity index is 3.08. The standard InChI is InChI=1S/C13H17ClN2O2Si/c1-19(2,3)5-4-9-6-10(8-16-13(17)18)11(14)7-12(9)15/h6-7,16H,8,15H2,1-3H3,(H,17,18). The molecule has 0 aliphatic carbocycles. The van der Waals surface area contributed by atoms with Crippen LogP contribution in [-0.2, 0) is 6.54 Å². The maximum Gasteiger partial charge on any atom is 0.404 e. The third-order valence-electron chi connectivity index (χ3n) is 2.22. The normalized spacial score (nSPS) is 10.5. The molecule has 1 amide bonds.